The third-order valence-corrected chi connectivity index (χ3v) is 3.47. The number of aliphatic carboxylic acids is 2. The van der Waals surface area contributed by atoms with E-state index in [0.717, 1.165) is 25.0 Å². The summed E-state index contributed by atoms with van der Waals surface area (Å²) in [6.07, 6.45) is 5.47. The summed E-state index contributed by atoms with van der Waals surface area (Å²) in [5.41, 5.74) is 10.5. The van der Waals surface area contributed by atoms with Gasteiger partial charge in [0.1, 0.15) is 0 Å². The molecular formula is C18H30CuN4O6. The SMILES string of the molecule is C=CC(=O)N[C@@H](CCCCN)C(=O)[O-].C=CC(=O)N[C@@H](CCCCN)C(=O)[O-].[Cu+2]. The summed E-state index contributed by atoms with van der Waals surface area (Å²) < 4.78 is 0. The van der Waals surface area contributed by atoms with Gasteiger partial charge in [-0.2, -0.15) is 0 Å². The molecule has 0 aliphatic carbocycles. The van der Waals surface area contributed by atoms with Gasteiger partial charge in [-0.05, 0) is 63.8 Å². The fourth-order valence-electron chi connectivity index (χ4n) is 1.94. The third-order valence-electron chi connectivity index (χ3n) is 3.47. The molecule has 169 valence electrons. The molecule has 0 fully saturated rings. The van der Waals surface area contributed by atoms with Crippen molar-refractivity contribution >= 4 is 23.8 Å². The van der Waals surface area contributed by atoms with Crippen LogP contribution in [0.3, 0.4) is 0 Å². The van der Waals surface area contributed by atoms with Crippen molar-refractivity contribution in [1.29, 1.82) is 0 Å². The Bertz CT molecular complexity index is 484. The Hall–Kier alpha value is -2.20. The first-order chi connectivity index (χ1) is 13.2. The molecule has 0 heterocycles. The first-order valence-corrected chi connectivity index (χ1v) is 8.91. The average molecular weight is 462 g/mol. The molecule has 0 aliphatic rings. The summed E-state index contributed by atoms with van der Waals surface area (Å²) in [5.74, 6) is -3.58. The predicted octanol–water partition coefficient (Wildman–Crippen LogP) is -2.93. The summed E-state index contributed by atoms with van der Waals surface area (Å²) in [6.45, 7) is 7.47. The van der Waals surface area contributed by atoms with Gasteiger partial charge >= 0.3 is 17.1 Å². The average Bonchev–Trinajstić information content (AvgIpc) is 2.66. The number of hydrogen-bond acceptors (Lipinski definition) is 8. The van der Waals surface area contributed by atoms with Crippen molar-refractivity contribution in [3.63, 3.8) is 0 Å². The van der Waals surface area contributed by atoms with Gasteiger partial charge in [-0.1, -0.05) is 13.2 Å². The summed E-state index contributed by atoms with van der Waals surface area (Å²) in [7, 11) is 0. The van der Waals surface area contributed by atoms with Gasteiger partial charge < -0.3 is 41.9 Å². The van der Waals surface area contributed by atoms with E-state index in [1.54, 1.807) is 0 Å². The monoisotopic (exact) mass is 461 g/mol. The molecule has 2 amide bonds. The van der Waals surface area contributed by atoms with E-state index in [2.05, 4.69) is 23.8 Å². The van der Waals surface area contributed by atoms with Crippen LogP contribution in [0.15, 0.2) is 25.3 Å². The van der Waals surface area contributed by atoms with E-state index in [1.165, 1.54) is 0 Å². The molecule has 10 nitrogen and oxygen atoms in total. The molecule has 2 atom stereocenters. The number of hydrogen-bond donors (Lipinski definition) is 4. The molecule has 11 heteroatoms. The zero-order chi connectivity index (χ0) is 21.9. The smallest absolute Gasteiger partial charge is 0.548 e. The van der Waals surface area contributed by atoms with Crippen LogP contribution < -0.4 is 32.3 Å². The number of carboxylic acids is 2. The van der Waals surface area contributed by atoms with Crippen LogP contribution in [0.1, 0.15) is 38.5 Å². The molecule has 0 aliphatic heterocycles. The van der Waals surface area contributed by atoms with E-state index in [0.29, 0.717) is 38.8 Å². The number of carbonyl (C=O) groups excluding carboxylic acids is 4. The van der Waals surface area contributed by atoms with Crippen LogP contribution in [0.4, 0.5) is 0 Å². The second-order valence-electron chi connectivity index (χ2n) is 5.74. The van der Waals surface area contributed by atoms with E-state index in [1.807, 2.05) is 0 Å². The van der Waals surface area contributed by atoms with Crippen LogP contribution in [0.25, 0.3) is 0 Å². The van der Waals surface area contributed by atoms with E-state index >= 15 is 0 Å². The molecule has 29 heavy (non-hydrogen) atoms. The molecular weight excluding hydrogens is 432 g/mol. The maximum atomic E-state index is 10.8. The predicted molar refractivity (Wildman–Crippen MR) is 100 cm³/mol. The normalized spacial score (nSPS) is 11.4. The van der Waals surface area contributed by atoms with Gasteiger partial charge in [0.2, 0.25) is 11.8 Å². The third kappa shape index (κ3) is 18.9. The summed E-state index contributed by atoms with van der Waals surface area (Å²) in [5, 5.41) is 25.6. The molecule has 0 bridgehead atoms. The number of amides is 2. The first kappa shape index (κ1) is 31.5. The Balaban J connectivity index is -0.000000451. The second-order valence-corrected chi connectivity index (χ2v) is 5.74. The Morgan fingerprint density at radius 1 is 0.759 bits per heavy atom. The first-order valence-electron chi connectivity index (χ1n) is 8.91. The van der Waals surface area contributed by atoms with E-state index < -0.39 is 35.8 Å². The number of nitrogens with one attached hydrogen (secondary N) is 2. The van der Waals surface area contributed by atoms with Crippen molar-refractivity contribution in [3.05, 3.63) is 25.3 Å². The molecule has 6 N–H and O–H groups in total. The summed E-state index contributed by atoms with van der Waals surface area (Å²) >= 11 is 0. The van der Waals surface area contributed by atoms with E-state index in [9.17, 15) is 29.4 Å². The minimum Gasteiger partial charge on any atom is -0.548 e. The van der Waals surface area contributed by atoms with Crippen molar-refractivity contribution in [1.82, 2.24) is 10.6 Å². The Morgan fingerprint density at radius 2 is 1.07 bits per heavy atom. The standard InChI is InChI=1S/2C9H16N2O3.Cu/c2*1-2-8(12)11-7(9(13)14)5-3-4-6-10;/h2*2,7H,1,3-6,10H2,(H,11,12)(H,13,14);/q;;+2/p-2/t2*7-;/m00./s1. The fourth-order valence-corrected chi connectivity index (χ4v) is 1.94. The number of unbranched alkanes of at least 4 members (excludes halogenated alkanes) is 2. The molecule has 0 rings (SSSR count). The van der Waals surface area contributed by atoms with Crippen LogP contribution in [0.2, 0.25) is 0 Å². The molecule has 0 spiro atoms. The number of carboxylic acid groups (broad SMARTS) is 2. The van der Waals surface area contributed by atoms with Gasteiger partial charge in [-0.25, -0.2) is 0 Å². The molecule has 0 saturated carbocycles. The van der Waals surface area contributed by atoms with Gasteiger partial charge in [0, 0.05) is 0 Å². The van der Waals surface area contributed by atoms with Gasteiger partial charge in [0.05, 0.1) is 24.0 Å². The maximum Gasteiger partial charge on any atom is 2.00 e. The number of rotatable bonds is 14. The van der Waals surface area contributed by atoms with Crippen molar-refractivity contribution in [2.45, 2.75) is 50.6 Å². The summed E-state index contributed by atoms with van der Waals surface area (Å²) in [4.78, 5) is 42.7. The zero-order valence-corrected chi connectivity index (χ0v) is 17.2. The topological polar surface area (TPSA) is 190 Å². The molecule has 0 aromatic heterocycles. The number of carbonyl (C=O) groups is 4. The van der Waals surface area contributed by atoms with Crippen LogP contribution in [-0.2, 0) is 36.2 Å². The van der Waals surface area contributed by atoms with Crippen LogP contribution in [0, 0.1) is 0 Å². The van der Waals surface area contributed by atoms with Gasteiger partial charge in [0.15, 0.2) is 0 Å². The Labute approximate surface area is 181 Å². The van der Waals surface area contributed by atoms with E-state index in [-0.39, 0.29) is 17.1 Å². The molecule has 1 radical (unpaired) electrons. The van der Waals surface area contributed by atoms with Crippen molar-refractivity contribution < 1.29 is 46.5 Å². The van der Waals surface area contributed by atoms with Gasteiger partial charge in [0.25, 0.3) is 0 Å². The zero-order valence-electron chi connectivity index (χ0n) is 16.3. The molecule has 0 aromatic rings. The van der Waals surface area contributed by atoms with Crippen molar-refractivity contribution in [2.75, 3.05) is 13.1 Å². The Kier molecular flexibility index (Phi) is 22.3. The fraction of sp³-hybridized carbons (Fsp3) is 0.556. The van der Waals surface area contributed by atoms with Gasteiger partial charge in [-0.15, -0.1) is 0 Å². The van der Waals surface area contributed by atoms with Gasteiger partial charge in [-0.3, -0.25) is 9.59 Å². The molecule has 0 aromatic carbocycles. The second kappa shape index (κ2) is 20.5. The van der Waals surface area contributed by atoms with Crippen molar-refractivity contribution in [2.24, 2.45) is 11.5 Å². The molecule has 0 saturated heterocycles. The van der Waals surface area contributed by atoms with E-state index in [4.69, 9.17) is 11.5 Å². The largest absolute Gasteiger partial charge is 2.00 e. The summed E-state index contributed by atoms with van der Waals surface area (Å²) in [6, 6.07) is -1.90. The minimum absolute atomic E-state index is 0. The molecule has 0 unspecified atom stereocenters. The minimum atomic E-state index is -1.28. The van der Waals surface area contributed by atoms with Crippen molar-refractivity contribution in [3.8, 4) is 0 Å². The van der Waals surface area contributed by atoms with Crippen LogP contribution in [-0.4, -0.2) is 48.9 Å². The quantitative estimate of drug-likeness (QED) is 0.120. The Morgan fingerprint density at radius 3 is 1.28 bits per heavy atom. The van der Waals surface area contributed by atoms with Crippen LogP contribution >= 0.6 is 0 Å². The maximum absolute atomic E-state index is 10.8. The number of nitrogens with two attached hydrogens (primary N) is 2. The van der Waals surface area contributed by atoms with Crippen LogP contribution in [0.5, 0.6) is 0 Å².